The van der Waals surface area contributed by atoms with E-state index in [1.165, 1.54) is 4.68 Å². The largest absolute Gasteiger partial charge is 0.360 e. The van der Waals surface area contributed by atoms with Crippen LogP contribution < -0.4 is 5.32 Å². The summed E-state index contributed by atoms with van der Waals surface area (Å²) in [6, 6.07) is 3.50. The Labute approximate surface area is 112 Å². The molecule has 19 heavy (non-hydrogen) atoms. The maximum Gasteiger partial charge on any atom is 0.256 e. The Hall–Kier alpha value is -2.48. The fourth-order valence-electron chi connectivity index (χ4n) is 1.41. The second-order valence-corrected chi connectivity index (χ2v) is 3.85. The lowest BCUT2D eigenvalue weighted by molar-refractivity contribution is 0.387. The molecule has 0 bridgehead atoms. The Balaban J connectivity index is 1.82. The van der Waals surface area contributed by atoms with Gasteiger partial charge in [0.2, 0.25) is 11.2 Å². The van der Waals surface area contributed by atoms with Crippen molar-refractivity contribution in [2.75, 3.05) is 5.32 Å². The van der Waals surface area contributed by atoms with Gasteiger partial charge in [0.15, 0.2) is 5.76 Å². The van der Waals surface area contributed by atoms with Crippen molar-refractivity contribution >= 4 is 17.5 Å². The van der Waals surface area contributed by atoms with Crippen LogP contribution in [0.15, 0.2) is 35.2 Å². The van der Waals surface area contributed by atoms with Crippen LogP contribution in [0.3, 0.4) is 0 Å². The lowest BCUT2D eigenvalue weighted by atomic mass is 10.4. The number of anilines is 1. The van der Waals surface area contributed by atoms with Crippen molar-refractivity contribution in [2.24, 2.45) is 0 Å². The van der Waals surface area contributed by atoms with Gasteiger partial charge in [-0.1, -0.05) is 5.16 Å². The third-order valence-corrected chi connectivity index (χ3v) is 2.39. The van der Waals surface area contributed by atoms with Gasteiger partial charge in [-0.15, -0.1) is 0 Å². The van der Waals surface area contributed by atoms with Gasteiger partial charge in [0.05, 0.1) is 12.7 Å². The smallest absolute Gasteiger partial charge is 0.256 e. The molecule has 3 aromatic rings. The number of rotatable bonds is 4. The summed E-state index contributed by atoms with van der Waals surface area (Å²) in [7, 11) is 0. The molecule has 3 heterocycles. The molecule has 0 radical (unpaired) electrons. The number of halogens is 1. The van der Waals surface area contributed by atoms with E-state index < -0.39 is 0 Å². The standard InChI is InChI=1S/C10H8ClN7O/c11-8-15-9(12-6-7-2-4-14-19-7)17-10(16-8)18-5-1-3-13-18/h1-5H,6H2,(H,12,15,16,17). The average molecular weight is 278 g/mol. The van der Waals surface area contributed by atoms with Crippen LogP contribution in [0.4, 0.5) is 5.95 Å². The molecule has 0 atom stereocenters. The molecule has 9 heteroatoms. The molecule has 0 aliphatic heterocycles. The fourth-order valence-corrected chi connectivity index (χ4v) is 1.56. The zero-order chi connectivity index (χ0) is 13.1. The normalized spacial score (nSPS) is 10.6. The fraction of sp³-hybridized carbons (Fsp3) is 0.100. The highest BCUT2D eigenvalue weighted by Crippen LogP contribution is 2.10. The first-order valence-corrected chi connectivity index (χ1v) is 5.74. The maximum absolute atomic E-state index is 5.85. The number of aromatic nitrogens is 6. The highest BCUT2D eigenvalue weighted by Gasteiger charge is 2.07. The van der Waals surface area contributed by atoms with Crippen LogP contribution in [0.1, 0.15) is 5.76 Å². The summed E-state index contributed by atoms with van der Waals surface area (Å²) in [5, 5.41) is 10.7. The Kier molecular flexibility index (Phi) is 3.07. The van der Waals surface area contributed by atoms with Crippen LogP contribution in [0.25, 0.3) is 5.95 Å². The van der Waals surface area contributed by atoms with E-state index in [4.69, 9.17) is 16.1 Å². The van der Waals surface area contributed by atoms with E-state index in [0.717, 1.165) is 0 Å². The van der Waals surface area contributed by atoms with Crippen molar-refractivity contribution in [3.8, 4) is 5.95 Å². The Morgan fingerprint density at radius 2 is 2.21 bits per heavy atom. The van der Waals surface area contributed by atoms with Crippen LogP contribution in [0.2, 0.25) is 5.28 Å². The highest BCUT2D eigenvalue weighted by molar-refractivity contribution is 6.28. The van der Waals surface area contributed by atoms with Gasteiger partial charge in [-0.25, -0.2) is 4.68 Å². The molecular formula is C10H8ClN7O. The first-order chi connectivity index (χ1) is 9.31. The van der Waals surface area contributed by atoms with Crippen LogP contribution in [-0.2, 0) is 6.54 Å². The zero-order valence-corrected chi connectivity index (χ0v) is 10.3. The second-order valence-electron chi connectivity index (χ2n) is 3.51. The zero-order valence-electron chi connectivity index (χ0n) is 9.56. The molecule has 96 valence electrons. The first kappa shape index (κ1) is 11.6. The number of nitrogens with one attached hydrogen (secondary N) is 1. The lowest BCUT2D eigenvalue weighted by Gasteiger charge is -2.04. The monoisotopic (exact) mass is 277 g/mol. The third kappa shape index (κ3) is 2.68. The van der Waals surface area contributed by atoms with Gasteiger partial charge < -0.3 is 9.84 Å². The van der Waals surface area contributed by atoms with E-state index in [1.54, 1.807) is 30.7 Å². The molecule has 3 aromatic heterocycles. The molecule has 0 spiro atoms. The van der Waals surface area contributed by atoms with Crippen LogP contribution >= 0.6 is 11.6 Å². The number of hydrogen-bond donors (Lipinski definition) is 1. The van der Waals surface area contributed by atoms with Gasteiger partial charge >= 0.3 is 0 Å². The van der Waals surface area contributed by atoms with Gasteiger partial charge in [0, 0.05) is 18.5 Å². The summed E-state index contributed by atoms with van der Waals surface area (Å²) in [4.78, 5) is 12.2. The van der Waals surface area contributed by atoms with Crippen LogP contribution in [0.5, 0.6) is 0 Å². The molecule has 0 fully saturated rings. The molecule has 0 aliphatic carbocycles. The minimum absolute atomic E-state index is 0.0839. The van der Waals surface area contributed by atoms with E-state index in [2.05, 4.69) is 30.5 Å². The van der Waals surface area contributed by atoms with Gasteiger partial charge in [-0.3, -0.25) is 0 Å². The van der Waals surface area contributed by atoms with Crippen LogP contribution in [0, 0.1) is 0 Å². The molecule has 0 amide bonds. The van der Waals surface area contributed by atoms with Gasteiger partial charge in [-0.2, -0.15) is 20.1 Å². The summed E-state index contributed by atoms with van der Waals surface area (Å²) in [5.41, 5.74) is 0. The van der Waals surface area contributed by atoms with Crippen molar-refractivity contribution in [2.45, 2.75) is 6.54 Å². The van der Waals surface area contributed by atoms with E-state index in [-0.39, 0.29) is 5.28 Å². The molecule has 3 rings (SSSR count). The van der Waals surface area contributed by atoms with Crippen molar-refractivity contribution < 1.29 is 4.52 Å². The predicted molar refractivity (Wildman–Crippen MR) is 65.8 cm³/mol. The molecule has 8 nitrogen and oxygen atoms in total. The molecule has 0 saturated carbocycles. The summed E-state index contributed by atoms with van der Waals surface area (Å²) < 4.78 is 6.45. The van der Waals surface area contributed by atoms with E-state index in [1.807, 2.05) is 0 Å². The van der Waals surface area contributed by atoms with Crippen molar-refractivity contribution in [3.63, 3.8) is 0 Å². The quantitative estimate of drug-likeness (QED) is 0.768. The second kappa shape index (κ2) is 5.02. The van der Waals surface area contributed by atoms with E-state index in [9.17, 15) is 0 Å². The Morgan fingerprint density at radius 3 is 2.95 bits per heavy atom. The first-order valence-electron chi connectivity index (χ1n) is 5.36. The summed E-state index contributed by atoms with van der Waals surface area (Å²) in [6.07, 6.45) is 4.90. The topological polar surface area (TPSA) is 94.6 Å². The van der Waals surface area contributed by atoms with E-state index in [0.29, 0.717) is 24.2 Å². The molecule has 0 aromatic carbocycles. The highest BCUT2D eigenvalue weighted by atomic mass is 35.5. The summed E-state index contributed by atoms with van der Waals surface area (Å²) in [6.45, 7) is 0.402. The van der Waals surface area contributed by atoms with Crippen LogP contribution in [-0.4, -0.2) is 29.9 Å². The maximum atomic E-state index is 5.85. The molecule has 0 unspecified atom stereocenters. The SMILES string of the molecule is Clc1nc(NCc2ccno2)nc(-n2cccn2)n1. The average Bonchev–Trinajstić information content (AvgIpc) is 3.09. The molecule has 0 aliphatic rings. The molecular weight excluding hydrogens is 270 g/mol. The van der Waals surface area contributed by atoms with Crippen molar-refractivity contribution in [1.82, 2.24) is 29.9 Å². The van der Waals surface area contributed by atoms with Crippen molar-refractivity contribution in [1.29, 1.82) is 0 Å². The molecule has 1 N–H and O–H groups in total. The Morgan fingerprint density at radius 1 is 1.26 bits per heavy atom. The summed E-state index contributed by atoms with van der Waals surface area (Å²) >= 11 is 5.85. The predicted octanol–water partition coefficient (Wildman–Crippen LogP) is 1.31. The minimum atomic E-state index is 0.0839. The van der Waals surface area contributed by atoms with Gasteiger partial charge in [0.1, 0.15) is 0 Å². The number of hydrogen-bond acceptors (Lipinski definition) is 7. The third-order valence-electron chi connectivity index (χ3n) is 2.22. The summed E-state index contributed by atoms with van der Waals surface area (Å²) in [5.74, 6) is 1.34. The minimum Gasteiger partial charge on any atom is -0.360 e. The van der Waals surface area contributed by atoms with Gasteiger partial charge in [0.25, 0.3) is 5.95 Å². The lowest BCUT2D eigenvalue weighted by Crippen LogP contribution is -2.09. The Bertz CT molecular complexity index is 653. The molecule has 0 saturated heterocycles. The van der Waals surface area contributed by atoms with E-state index >= 15 is 0 Å². The van der Waals surface area contributed by atoms with Gasteiger partial charge in [-0.05, 0) is 17.7 Å². The van der Waals surface area contributed by atoms with Crippen molar-refractivity contribution in [3.05, 3.63) is 41.8 Å². The number of nitrogens with zero attached hydrogens (tertiary/aromatic N) is 6.